The molecule has 0 aromatic carbocycles. The number of esters is 1. The molecule has 1 fully saturated rings. The lowest BCUT2D eigenvalue weighted by molar-refractivity contribution is -0.145. The molecular weight excluding hydrogens is 295 g/mol. The molecule has 0 spiro atoms. The summed E-state index contributed by atoms with van der Waals surface area (Å²) in [5, 5.41) is 0. The average Bonchev–Trinajstić information content (AvgIpc) is 2.73. The zero-order valence-corrected chi connectivity index (χ0v) is 13.2. The first-order chi connectivity index (χ1) is 10.8. The molecule has 0 aliphatic carbocycles. The number of carbonyl (C=O) groups is 1. The van der Waals surface area contributed by atoms with E-state index in [0.717, 1.165) is 0 Å². The summed E-state index contributed by atoms with van der Waals surface area (Å²) < 4.78 is 41.7. The van der Waals surface area contributed by atoms with Crippen LogP contribution in [0.3, 0.4) is 0 Å². The molecule has 1 heterocycles. The largest absolute Gasteiger partial charge is 0.463 e. The van der Waals surface area contributed by atoms with Crippen LogP contribution in [0.25, 0.3) is 4.85 Å². The fraction of sp³-hybridized carbons (Fsp3) is 0.818. The second kappa shape index (κ2) is 9.39. The Kier molecular flexibility index (Phi) is 6.83. The first-order valence-corrected chi connectivity index (χ1v) is 8.13. The summed E-state index contributed by atoms with van der Waals surface area (Å²) in [5.41, 5.74) is 0. The Labute approximate surface area is 130 Å². The van der Waals surface area contributed by atoms with Crippen LogP contribution in [-0.2, 0) is 28.0 Å². The highest BCUT2D eigenvalue weighted by Gasteiger charge is 2.44. The zero-order valence-electron chi connectivity index (χ0n) is 14.4. The van der Waals surface area contributed by atoms with Crippen LogP contribution in [0, 0.1) is 6.57 Å². The van der Waals surface area contributed by atoms with Crippen LogP contribution in [0.2, 0.25) is 0 Å². The number of rotatable bonds is 9. The number of hydrogen-bond acceptors (Lipinski definition) is 6. The minimum Gasteiger partial charge on any atom is -0.463 e. The van der Waals surface area contributed by atoms with Crippen molar-refractivity contribution in [2.24, 2.45) is 0 Å². The van der Waals surface area contributed by atoms with Gasteiger partial charge in [0, 0.05) is 16.3 Å². The van der Waals surface area contributed by atoms with Gasteiger partial charge in [0.2, 0.25) is 6.54 Å². The van der Waals surface area contributed by atoms with E-state index in [4.69, 9.17) is 32.4 Å². The summed E-state index contributed by atoms with van der Waals surface area (Å²) in [6, 6.07) is -0.412. The zero-order chi connectivity index (χ0) is 17.4. The molecule has 0 amide bonds. The van der Waals surface area contributed by atoms with Crippen molar-refractivity contribution in [3.05, 3.63) is 11.4 Å². The molecule has 1 rings (SSSR count). The van der Waals surface area contributed by atoms with E-state index >= 15 is 0 Å². The molecular formula is C11H20B2NO6P. The molecule has 0 aromatic heterocycles. The van der Waals surface area contributed by atoms with Crippen LogP contribution < -0.4 is 0 Å². The van der Waals surface area contributed by atoms with E-state index in [2.05, 4.69) is 4.85 Å². The van der Waals surface area contributed by atoms with Gasteiger partial charge in [0.15, 0.2) is 8.38 Å². The van der Waals surface area contributed by atoms with E-state index in [9.17, 15) is 4.79 Å². The standard InChI is InChI=1S/C11H20B2NO6P/c1-7(15)16-6-8-9(10(19-13)11(12)18-8)20-21(3)17-5-4-14-2/h8-11H,4-6,12-13H2,1,3H3/t8-,9?,10+,11-,21?/m1/s1/i13TD. The molecule has 1 aliphatic rings. The lowest BCUT2D eigenvalue weighted by Crippen LogP contribution is -2.38. The van der Waals surface area contributed by atoms with Crippen molar-refractivity contribution in [3.63, 3.8) is 0 Å². The Morgan fingerprint density at radius 1 is 1.67 bits per heavy atom. The third-order valence-electron chi connectivity index (χ3n) is 2.90. The Bertz CT molecular complexity index is 430. The molecule has 5 atom stereocenters. The van der Waals surface area contributed by atoms with E-state index in [1.165, 1.54) is 6.92 Å². The number of ether oxygens (including phenoxy) is 2. The second-order valence-corrected chi connectivity index (χ2v) is 5.86. The predicted molar refractivity (Wildman–Crippen MR) is 82.4 cm³/mol. The highest BCUT2D eigenvalue weighted by molar-refractivity contribution is 7.46. The van der Waals surface area contributed by atoms with Gasteiger partial charge in [-0.1, -0.05) is 0 Å². The lowest BCUT2D eigenvalue weighted by Gasteiger charge is -2.25. The van der Waals surface area contributed by atoms with Crippen molar-refractivity contribution >= 4 is 30.2 Å². The minimum atomic E-state index is -1.48. The van der Waals surface area contributed by atoms with Crippen LogP contribution in [0.1, 0.15) is 6.92 Å². The van der Waals surface area contributed by atoms with Gasteiger partial charge >= 0.3 is 5.97 Å². The topological polar surface area (TPSA) is 67.6 Å². The highest BCUT2D eigenvalue weighted by atomic mass is 31.2. The Hall–Kier alpha value is -0.640. The van der Waals surface area contributed by atoms with Crippen LogP contribution in [-0.4, -0.2) is 75.2 Å². The Balaban J connectivity index is 2.69. The van der Waals surface area contributed by atoms with Gasteiger partial charge in [-0.25, -0.2) is 6.57 Å². The molecule has 0 saturated carbocycles. The monoisotopic (exact) mass is 318 g/mol. The van der Waals surface area contributed by atoms with Gasteiger partial charge in [0.05, 0.1) is 12.1 Å². The maximum Gasteiger partial charge on any atom is 0.302 e. The van der Waals surface area contributed by atoms with Crippen LogP contribution >= 0.6 is 8.38 Å². The summed E-state index contributed by atoms with van der Waals surface area (Å²) in [4.78, 5) is 14.2. The summed E-state index contributed by atoms with van der Waals surface area (Å²) in [6.07, 6.45) is -1.82. The number of hydrogen-bond donors (Lipinski definition) is 0. The molecule has 1 saturated heterocycles. The van der Waals surface area contributed by atoms with Crippen molar-refractivity contribution in [2.45, 2.75) is 31.2 Å². The normalized spacial score (nSPS) is 30.9. The first kappa shape index (κ1) is 15.3. The minimum absolute atomic E-state index is 0.00388. The molecule has 0 aromatic rings. The van der Waals surface area contributed by atoms with Crippen LogP contribution in [0.5, 0.6) is 0 Å². The van der Waals surface area contributed by atoms with Gasteiger partial charge in [-0.05, 0) is 0 Å². The highest BCUT2D eigenvalue weighted by Crippen LogP contribution is 2.40. The maximum atomic E-state index is 11.0. The molecule has 21 heavy (non-hydrogen) atoms. The SMILES string of the molecule is [2H]B([3H])O[C@H]1C(OP(C)OCC[N+]#[C-])[C@@H](COC(C)=O)O[C@H]1B. The van der Waals surface area contributed by atoms with E-state index in [1.54, 1.807) is 14.5 Å². The smallest absolute Gasteiger partial charge is 0.302 e. The quantitative estimate of drug-likeness (QED) is 0.181. The Morgan fingerprint density at radius 2 is 2.43 bits per heavy atom. The second-order valence-electron chi connectivity index (χ2n) is 4.51. The molecule has 0 radical (unpaired) electrons. The van der Waals surface area contributed by atoms with E-state index in [1.807, 2.05) is 0 Å². The Morgan fingerprint density at radius 3 is 3.05 bits per heavy atom. The molecule has 0 bridgehead atoms. The van der Waals surface area contributed by atoms with E-state index in [-0.39, 0.29) is 19.8 Å². The fourth-order valence-corrected chi connectivity index (χ4v) is 2.97. The number of nitrogens with zero attached hydrogens (tertiary/aromatic N) is 1. The third-order valence-corrected chi connectivity index (χ3v) is 3.98. The van der Waals surface area contributed by atoms with Crippen LogP contribution in [0.4, 0.5) is 0 Å². The lowest BCUT2D eigenvalue weighted by atomic mass is 9.92. The molecule has 2 unspecified atom stereocenters. The summed E-state index contributed by atoms with van der Waals surface area (Å²) in [7, 11) is -1.02. The van der Waals surface area contributed by atoms with Gasteiger partial charge in [-0.2, -0.15) is 0 Å². The van der Waals surface area contributed by atoms with Gasteiger partial charge < -0.3 is 28.0 Å². The molecule has 116 valence electrons. The van der Waals surface area contributed by atoms with Crippen LogP contribution in [0.15, 0.2) is 0 Å². The van der Waals surface area contributed by atoms with Crippen molar-refractivity contribution in [1.29, 1.82) is 2.67 Å². The maximum absolute atomic E-state index is 11.0. The fourth-order valence-electron chi connectivity index (χ4n) is 1.98. The van der Waals surface area contributed by atoms with Gasteiger partial charge in [0.25, 0.3) is 7.98 Å². The summed E-state index contributed by atoms with van der Waals surface area (Å²) in [5.74, 6) is -0.435. The van der Waals surface area contributed by atoms with Crippen molar-refractivity contribution in [1.82, 2.24) is 0 Å². The van der Waals surface area contributed by atoms with Crippen molar-refractivity contribution in [3.8, 4) is 0 Å². The van der Waals surface area contributed by atoms with E-state index < -0.39 is 46.6 Å². The van der Waals surface area contributed by atoms with Crippen molar-refractivity contribution in [2.75, 3.05) is 26.4 Å². The molecule has 7 nitrogen and oxygen atoms in total. The first-order valence-electron chi connectivity index (χ1n) is 7.66. The third kappa shape index (κ3) is 5.93. The van der Waals surface area contributed by atoms with Gasteiger partial charge in [0.1, 0.15) is 33.3 Å². The predicted octanol–water partition coefficient (Wildman–Crippen LogP) is -0.896. The summed E-state index contributed by atoms with van der Waals surface area (Å²) >= 11 is 0. The summed E-state index contributed by atoms with van der Waals surface area (Å²) in [6.45, 7) is 10.2. The van der Waals surface area contributed by atoms with Gasteiger partial charge in [-0.15, -0.1) is 0 Å². The van der Waals surface area contributed by atoms with Crippen molar-refractivity contribution < 1.29 is 28.0 Å². The van der Waals surface area contributed by atoms with Gasteiger partial charge in [-0.3, -0.25) is 4.79 Å². The van der Waals surface area contributed by atoms with E-state index in [0.29, 0.717) is 0 Å². The molecule has 1 aliphatic heterocycles. The average molecular weight is 318 g/mol. The number of carbonyl (C=O) groups excluding carboxylic acids is 1. The molecule has 10 heteroatoms. The molecule has 0 N–H and O–H groups in total.